The van der Waals surface area contributed by atoms with Crippen LogP contribution < -0.4 is 0 Å². The summed E-state index contributed by atoms with van der Waals surface area (Å²) >= 11 is 0. The average Bonchev–Trinajstić information content (AvgIpc) is 3.35. The van der Waals surface area contributed by atoms with E-state index >= 15 is 0 Å². The molecule has 3 heterocycles. The van der Waals surface area contributed by atoms with Crippen molar-refractivity contribution in [3.8, 4) is 16.9 Å². The van der Waals surface area contributed by atoms with Gasteiger partial charge in [0.2, 0.25) is 5.91 Å². The summed E-state index contributed by atoms with van der Waals surface area (Å²) in [5, 5.41) is 12.0. The Labute approximate surface area is 233 Å². The van der Waals surface area contributed by atoms with Crippen LogP contribution in [0, 0.1) is 5.82 Å². The topological polar surface area (TPSA) is 78.7 Å². The second kappa shape index (κ2) is 11.5. The summed E-state index contributed by atoms with van der Waals surface area (Å²) in [5.74, 6) is 0.281. The SMILES string of the molecule is CC(=O)c1cn(-c2ccc(-c3ccccc3F)cn2)c2cc(C(O)N3CCC(=CCC(=O)N(C)C)CC3)ccc12. The third-order valence-electron chi connectivity index (χ3n) is 7.54. The molecule has 0 radical (unpaired) electrons. The average molecular weight is 541 g/mol. The summed E-state index contributed by atoms with van der Waals surface area (Å²) in [6.45, 7) is 2.89. The third kappa shape index (κ3) is 5.59. The minimum atomic E-state index is -0.810. The lowest BCUT2D eigenvalue weighted by molar-refractivity contribution is -0.127. The number of amides is 1. The zero-order chi connectivity index (χ0) is 28.4. The molecule has 40 heavy (non-hydrogen) atoms. The number of fused-ring (bicyclic) bond motifs is 1. The molecule has 0 saturated carbocycles. The van der Waals surface area contributed by atoms with Crippen LogP contribution in [-0.2, 0) is 4.79 Å². The molecule has 0 spiro atoms. The van der Waals surface area contributed by atoms with Crippen LogP contribution in [0.4, 0.5) is 4.39 Å². The number of aliphatic hydroxyl groups excluding tert-OH is 1. The molecule has 1 aliphatic rings. The van der Waals surface area contributed by atoms with E-state index < -0.39 is 6.23 Å². The quantitative estimate of drug-likeness (QED) is 0.247. The Morgan fingerprint density at radius 3 is 2.50 bits per heavy atom. The first-order chi connectivity index (χ1) is 19.2. The largest absolute Gasteiger partial charge is 0.374 e. The molecule has 1 amide bonds. The van der Waals surface area contributed by atoms with Gasteiger partial charge in [0.25, 0.3) is 0 Å². The highest BCUT2D eigenvalue weighted by atomic mass is 19.1. The highest BCUT2D eigenvalue weighted by molar-refractivity contribution is 6.07. The number of aromatic nitrogens is 2. The second-order valence-corrected chi connectivity index (χ2v) is 10.4. The Morgan fingerprint density at radius 1 is 1.10 bits per heavy atom. The minimum Gasteiger partial charge on any atom is -0.374 e. The van der Waals surface area contributed by atoms with Gasteiger partial charge in [0.15, 0.2) is 5.78 Å². The van der Waals surface area contributed by atoms with E-state index in [9.17, 15) is 19.1 Å². The Balaban J connectivity index is 1.40. The van der Waals surface area contributed by atoms with Crippen molar-refractivity contribution in [2.24, 2.45) is 0 Å². The molecule has 2 aromatic heterocycles. The number of benzene rings is 2. The molecule has 206 valence electrons. The summed E-state index contributed by atoms with van der Waals surface area (Å²) in [4.78, 5) is 32.5. The normalized spacial score (nSPS) is 14.8. The molecule has 1 aliphatic heterocycles. The maximum atomic E-state index is 14.3. The van der Waals surface area contributed by atoms with Crippen LogP contribution in [0.2, 0.25) is 0 Å². The van der Waals surface area contributed by atoms with Gasteiger partial charge in [-0.1, -0.05) is 42.0 Å². The van der Waals surface area contributed by atoms with Crippen molar-refractivity contribution in [1.82, 2.24) is 19.4 Å². The van der Waals surface area contributed by atoms with E-state index in [4.69, 9.17) is 0 Å². The van der Waals surface area contributed by atoms with Gasteiger partial charge < -0.3 is 14.6 Å². The van der Waals surface area contributed by atoms with Crippen LogP contribution >= 0.6 is 0 Å². The van der Waals surface area contributed by atoms with Crippen LogP contribution in [0.15, 0.2) is 78.6 Å². The van der Waals surface area contributed by atoms with Gasteiger partial charge >= 0.3 is 0 Å². The van der Waals surface area contributed by atoms with E-state index in [1.807, 2.05) is 39.8 Å². The van der Waals surface area contributed by atoms with Crippen LogP contribution in [0.25, 0.3) is 27.8 Å². The summed E-state index contributed by atoms with van der Waals surface area (Å²) in [6, 6.07) is 15.8. The number of carbonyl (C=O) groups is 2. The number of ketones is 1. The fourth-order valence-corrected chi connectivity index (χ4v) is 5.14. The molecule has 1 N–H and O–H groups in total. The highest BCUT2D eigenvalue weighted by Crippen LogP contribution is 2.31. The first kappa shape index (κ1) is 27.4. The molecule has 0 aliphatic carbocycles. The number of hydrogen-bond acceptors (Lipinski definition) is 5. The Kier molecular flexibility index (Phi) is 7.91. The maximum absolute atomic E-state index is 14.3. The van der Waals surface area contributed by atoms with Crippen molar-refractivity contribution in [1.29, 1.82) is 0 Å². The second-order valence-electron chi connectivity index (χ2n) is 10.4. The van der Waals surface area contributed by atoms with Crippen molar-refractivity contribution in [3.05, 3.63) is 95.6 Å². The van der Waals surface area contributed by atoms with E-state index in [1.165, 1.54) is 18.6 Å². The molecule has 1 fully saturated rings. The molecule has 8 heteroatoms. The monoisotopic (exact) mass is 540 g/mol. The predicted molar refractivity (Wildman–Crippen MR) is 154 cm³/mol. The number of Topliss-reactive ketones (excluding diaryl/α,β-unsaturated/α-hetero) is 1. The molecule has 0 bridgehead atoms. The van der Waals surface area contributed by atoms with Crippen LogP contribution in [0.3, 0.4) is 0 Å². The molecule has 4 aromatic rings. The Hall–Kier alpha value is -4.14. The van der Waals surface area contributed by atoms with E-state index in [1.54, 1.807) is 55.7 Å². The first-order valence-corrected chi connectivity index (χ1v) is 13.4. The number of likely N-dealkylation sites (tertiary alicyclic amines) is 1. The predicted octanol–water partition coefficient (Wildman–Crippen LogP) is 5.53. The molecule has 1 atom stereocenters. The Morgan fingerprint density at radius 2 is 1.85 bits per heavy atom. The highest BCUT2D eigenvalue weighted by Gasteiger charge is 2.23. The summed E-state index contributed by atoms with van der Waals surface area (Å²) in [5.41, 5.74) is 4.41. The van der Waals surface area contributed by atoms with E-state index in [-0.39, 0.29) is 17.5 Å². The van der Waals surface area contributed by atoms with Crippen molar-refractivity contribution < 1.29 is 19.1 Å². The van der Waals surface area contributed by atoms with E-state index in [0.29, 0.717) is 42.0 Å². The van der Waals surface area contributed by atoms with Crippen molar-refractivity contribution in [3.63, 3.8) is 0 Å². The number of carbonyl (C=O) groups excluding carboxylic acids is 2. The lowest BCUT2D eigenvalue weighted by Crippen LogP contribution is -2.34. The number of aliphatic hydroxyl groups is 1. The summed E-state index contributed by atoms with van der Waals surface area (Å²) in [6.07, 6.45) is 6.57. The maximum Gasteiger partial charge on any atom is 0.225 e. The van der Waals surface area contributed by atoms with E-state index in [0.717, 1.165) is 29.3 Å². The molecule has 2 aromatic carbocycles. The van der Waals surface area contributed by atoms with Gasteiger partial charge in [0, 0.05) is 68.1 Å². The molecule has 5 rings (SSSR count). The van der Waals surface area contributed by atoms with Gasteiger partial charge in [-0.2, -0.15) is 0 Å². The van der Waals surface area contributed by atoms with Gasteiger partial charge in [-0.25, -0.2) is 9.37 Å². The Bertz CT molecular complexity index is 1580. The van der Waals surface area contributed by atoms with E-state index in [2.05, 4.69) is 4.98 Å². The lowest BCUT2D eigenvalue weighted by Gasteiger charge is -2.32. The zero-order valence-corrected chi connectivity index (χ0v) is 23.0. The van der Waals surface area contributed by atoms with Gasteiger partial charge in [-0.15, -0.1) is 0 Å². The van der Waals surface area contributed by atoms with Crippen LogP contribution in [-0.4, -0.2) is 63.3 Å². The lowest BCUT2D eigenvalue weighted by atomic mass is 10.0. The smallest absolute Gasteiger partial charge is 0.225 e. The standard InChI is InChI=1S/C32H33FN4O3/c1-21(38)27-20-37(30-12-10-24(19-34-30)25-6-4-5-7-28(25)33)29-18-23(9-11-26(27)29)32(40)36-16-14-22(15-17-36)8-13-31(39)35(2)3/h4-12,18-20,32,40H,13-17H2,1-3H3. The zero-order valence-electron chi connectivity index (χ0n) is 23.0. The van der Waals surface area contributed by atoms with Gasteiger partial charge in [0.05, 0.1) is 5.52 Å². The van der Waals surface area contributed by atoms with Gasteiger partial charge in [-0.3, -0.25) is 14.5 Å². The molecule has 7 nitrogen and oxygen atoms in total. The number of nitrogens with zero attached hydrogens (tertiary/aromatic N) is 4. The minimum absolute atomic E-state index is 0.0666. The number of pyridine rings is 1. The van der Waals surface area contributed by atoms with Crippen molar-refractivity contribution in [2.75, 3.05) is 27.2 Å². The molecule has 1 unspecified atom stereocenters. The number of rotatable bonds is 7. The molecule has 1 saturated heterocycles. The first-order valence-electron chi connectivity index (χ1n) is 13.4. The molecular weight excluding hydrogens is 507 g/mol. The van der Waals surface area contributed by atoms with Crippen LogP contribution in [0.1, 0.15) is 48.3 Å². The fourth-order valence-electron chi connectivity index (χ4n) is 5.14. The van der Waals surface area contributed by atoms with Crippen molar-refractivity contribution in [2.45, 2.75) is 32.4 Å². The number of piperidine rings is 1. The van der Waals surface area contributed by atoms with Gasteiger partial charge in [0.1, 0.15) is 17.9 Å². The fraction of sp³-hybridized carbons (Fsp3) is 0.281. The number of hydrogen-bond donors (Lipinski definition) is 1. The summed E-state index contributed by atoms with van der Waals surface area (Å²) in [7, 11) is 3.51. The van der Waals surface area contributed by atoms with Crippen LogP contribution in [0.5, 0.6) is 0 Å². The van der Waals surface area contributed by atoms with Crippen molar-refractivity contribution >= 4 is 22.6 Å². The number of halogens is 1. The summed E-state index contributed by atoms with van der Waals surface area (Å²) < 4.78 is 16.1. The van der Waals surface area contributed by atoms with Gasteiger partial charge in [-0.05, 0) is 49.6 Å². The molecular formula is C32H33FN4O3. The third-order valence-corrected chi connectivity index (χ3v) is 7.54.